The molecule has 0 aliphatic heterocycles. The Kier molecular flexibility index (Phi) is 4.91. The number of hydrogen-bond acceptors (Lipinski definition) is 1. The van der Waals surface area contributed by atoms with Gasteiger partial charge >= 0.3 is 0 Å². The van der Waals surface area contributed by atoms with E-state index in [0.717, 1.165) is 35.3 Å². The SMILES string of the molecule is Cc1c(C=O)c(/C(Cl)=C\Cc2ccc(F)cc2)n(CC2CC2)c1C. The second kappa shape index (κ2) is 6.94. The fourth-order valence-electron chi connectivity index (χ4n) is 3.00. The Morgan fingerprint density at radius 3 is 2.54 bits per heavy atom. The first-order valence-electron chi connectivity index (χ1n) is 8.26. The van der Waals surface area contributed by atoms with E-state index in [0.29, 0.717) is 22.9 Å². The lowest BCUT2D eigenvalue weighted by Gasteiger charge is -2.11. The van der Waals surface area contributed by atoms with Crippen LogP contribution in [0.3, 0.4) is 0 Å². The molecular weight excluding hydrogens is 325 g/mol. The van der Waals surface area contributed by atoms with Crippen molar-refractivity contribution in [1.29, 1.82) is 0 Å². The van der Waals surface area contributed by atoms with E-state index in [1.807, 2.05) is 19.9 Å². The average molecular weight is 346 g/mol. The van der Waals surface area contributed by atoms with Crippen molar-refractivity contribution in [1.82, 2.24) is 4.57 Å². The molecule has 2 nitrogen and oxygen atoms in total. The summed E-state index contributed by atoms with van der Waals surface area (Å²) < 4.78 is 15.2. The lowest BCUT2D eigenvalue weighted by atomic mass is 10.1. The first-order chi connectivity index (χ1) is 11.5. The monoisotopic (exact) mass is 345 g/mol. The van der Waals surface area contributed by atoms with E-state index in [4.69, 9.17) is 11.6 Å². The highest BCUT2D eigenvalue weighted by Crippen LogP contribution is 2.36. The lowest BCUT2D eigenvalue weighted by Crippen LogP contribution is -2.06. The Morgan fingerprint density at radius 1 is 1.29 bits per heavy atom. The molecule has 0 saturated heterocycles. The number of nitrogens with zero attached hydrogens (tertiary/aromatic N) is 1. The zero-order valence-corrected chi connectivity index (χ0v) is 14.7. The number of hydrogen-bond donors (Lipinski definition) is 0. The number of benzene rings is 1. The smallest absolute Gasteiger partial charge is 0.152 e. The highest BCUT2D eigenvalue weighted by Gasteiger charge is 2.26. The van der Waals surface area contributed by atoms with Crippen molar-refractivity contribution in [2.75, 3.05) is 0 Å². The molecule has 0 N–H and O–H groups in total. The Morgan fingerprint density at radius 2 is 1.96 bits per heavy atom. The highest BCUT2D eigenvalue weighted by molar-refractivity contribution is 6.49. The van der Waals surface area contributed by atoms with Crippen LogP contribution in [0.15, 0.2) is 30.3 Å². The molecule has 24 heavy (non-hydrogen) atoms. The summed E-state index contributed by atoms with van der Waals surface area (Å²) in [5.41, 5.74) is 4.57. The van der Waals surface area contributed by atoms with Crippen LogP contribution < -0.4 is 0 Å². The molecule has 0 atom stereocenters. The summed E-state index contributed by atoms with van der Waals surface area (Å²) in [6, 6.07) is 6.38. The molecule has 0 amide bonds. The molecule has 1 aromatic carbocycles. The fourth-order valence-corrected chi connectivity index (χ4v) is 3.28. The lowest BCUT2D eigenvalue weighted by molar-refractivity contribution is 0.112. The quantitative estimate of drug-likeness (QED) is 0.652. The zero-order chi connectivity index (χ0) is 17.3. The summed E-state index contributed by atoms with van der Waals surface area (Å²) in [5, 5.41) is 0.582. The summed E-state index contributed by atoms with van der Waals surface area (Å²) >= 11 is 6.57. The standard InChI is InChI=1S/C20H21ClFNO/c1-13-14(2)23(11-16-3-4-16)20(18(13)12-24)19(21)10-7-15-5-8-17(22)9-6-15/h5-6,8-10,12,16H,3-4,7,11H2,1-2H3/b19-10+. The minimum absolute atomic E-state index is 0.248. The van der Waals surface area contributed by atoms with Crippen LogP contribution in [-0.2, 0) is 13.0 Å². The van der Waals surface area contributed by atoms with Gasteiger partial charge in [0.05, 0.1) is 10.7 Å². The molecule has 0 spiro atoms. The predicted molar refractivity (Wildman–Crippen MR) is 96.0 cm³/mol. The Labute approximate surface area is 146 Å². The van der Waals surface area contributed by atoms with E-state index in [9.17, 15) is 9.18 Å². The first-order valence-corrected chi connectivity index (χ1v) is 8.64. The molecule has 4 heteroatoms. The largest absolute Gasteiger partial charge is 0.343 e. The van der Waals surface area contributed by atoms with Crippen LogP contribution in [0.1, 0.15) is 45.7 Å². The minimum atomic E-state index is -0.248. The van der Waals surface area contributed by atoms with Crippen LogP contribution in [0.5, 0.6) is 0 Å². The van der Waals surface area contributed by atoms with E-state index >= 15 is 0 Å². The van der Waals surface area contributed by atoms with Crippen LogP contribution in [0, 0.1) is 25.6 Å². The number of aldehydes is 1. The van der Waals surface area contributed by atoms with E-state index in [1.165, 1.54) is 25.0 Å². The Hall–Kier alpha value is -1.87. The molecule has 0 bridgehead atoms. The van der Waals surface area contributed by atoms with Crippen LogP contribution in [0.25, 0.3) is 5.03 Å². The van der Waals surface area contributed by atoms with Crippen molar-refractivity contribution in [2.24, 2.45) is 5.92 Å². The van der Waals surface area contributed by atoms with Crippen LogP contribution in [-0.4, -0.2) is 10.9 Å². The number of halogens is 2. The number of aromatic nitrogens is 1. The molecule has 3 rings (SSSR count). The van der Waals surface area contributed by atoms with Gasteiger partial charge in [0.1, 0.15) is 5.82 Å². The number of allylic oxidation sites excluding steroid dienone is 1. The van der Waals surface area contributed by atoms with Crippen molar-refractivity contribution in [3.8, 4) is 0 Å². The summed E-state index contributed by atoms with van der Waals surface area (Å²) in [4.78, 5) is 11.6. The molecule has 1 aromatic heterocycles. The number of carbonyl (C=O) groups is 1. The third-order valence-corrected chi connectivity index (χ3v) is 5.12. The van der Waals surface area contributed by atoms with Gasteiger partial charge in [-0.25, -0.2) is 4.39 Å². The van der Waals surface area contributed by atoms with Gasteiger partial charge < -0.3 is 4.57 Å². The molecule has 1 aliphatic rings. The summed E-state index contributed by atoms with van der Waals surface area (Å²) in [5.74, 6) is 0.442. The van der Waals surface area contributed by atoms with Crippen molar-refractivity contribution in [3.05, 3.63) is 64.2 Å². The van der Waals surface area contributed by atoms with Crippen molar-refractivity contribution in [2.45, 2.75) is 39.7 Å². The maximum Gasteiger partial charge on any atom is 0.152 e. The van der Waals surface area contributed by atoms with Gasteiger partial charge in [-0.15, -0.1) is 0 Å². The van der Waals surface area contributed by atoms with Gasteiger partial charge in [0.25, 0.3) is 0 Å². The van der Waals surface area contributed by atoms with Crippen LogP contribution in [0.4, 0.5) is 4.39 Å². The molecule has 2 aromatic rings. The van der Waals surface area contributed by atoms with Gasteiger partial charge in [0, 0.05) is 17.8 Å². The molecule has 0 unspecified atom stereocenters. The fraction of sp³-hybridized carbons (Fsp3) is 0.350. The Bertz CT molecular complexity index is 785. The maximum atomic E-state index is 13.0. The molecule has 0 radical (unpaired) electrons. The van der Waals surface area contributed by atoms with Gasteiger partial charge in [0.15, 0.2) is 6.29 Å². The van der Waals surface area contributed by atoms with Gasteiger partial charge in [-0.05, 0) is 62.3 Å². The molecule has 1 heterocycles. The van der Waals surface area contributed by atoms with Crippen LogP contribution in [0.2, 0.25) is 0 Å². The summed E-state index contributed by atoms with van der Waals surface area (Å²) in [7, 11) is 0. The van der Waals surface area contributed by atoms with E-state index in [-0.39, 0.29) is 5.82 Å². The summed E-state index contributed by atoms with van der Waals surface area (Å²) in [6.07, 6.45) is 5.88. The van der Waals surface area contributed by atoms with E-state index in [1.54, 1.807) is 12.1 Å². The molecule has 1 aliphatic carbocycles. The van der Waals surface area contributed by atoms with E-state index < -0.39 is 0 Å². The van der Waals surface area contributed by atoms with E-state index in [2.05, 4.69) is 4.57 Å². The molecule has 1 saturated carbocycles. The topological polar surface area (TPSA) is 22.0 Å². The third kappa shape index (κ3) is 3.46. The van der Waals surface area contributed by atoms with Crippen molar-refractivity contribution >= 4 is 22.9 Å². The first kappa shape index (κ1) is 17.0. The van der Waals surface area contributed by atoms with Crippen LogP contribution >= 0.6 is 11.6 Å². The van der Waals surface area contributed by atoms with Gasteiger partial charge in [-0.3, -0.25) is 4.79 Å². The van der Waals surface area contributed by atoms with Crippen molar-refractivity contribution < 1.29 is 9.18 Å². The maximum absolute atomic E-state index is 13.0. The summed E-state index contributed by atoms with van der Waals surface area (Å²) in [6.45, 7) is 4.92. The third-order valence-electron chi connectivity index (χ3n) is 4.79. The highest BCUT2D eigenvalue weighted by atomic mass is 35.5. The molecular formula is C20H21ClFNO. The van der Waals surface area contributed by atoms with Gasteiger partial charge in [-0.2, -0.15) is 0 Å². The second-order valence-electron chi connectivity index (χ2n) is 6.53. The second-order valence-corrected chi connectivity index (χ2v) is 6.93. The molecule has 1 fully saturated rings. The normalized spacial score (nSPS) is 14.9. The Balaban J connectivity index is 1.93. The minimum Gasteiger partial charge on any atom is -0.343 e. The van der Waals surface area contributed by atoms with Gasteiger partial charge in [-0.1, -0.05) is 29.8 Å². The zero-order valence-electron chi connectivity index (χ0n) is 14.0. The average Bonchev–Trinajstić information content (AvgIpc) is 3.36. The number of rotatable bonds is 6. The predicted octanol–water partition coefficient (Wildman–Crippen LogP) is 5.29. The number of carbonyl (C=O) groups excluding carboxylic acids is 1. The molecule has 126 valence electrons. The van der Waals surface area contributed by atoms with Gasteiger partial charge in [0.2, 0.25) is 0 Å². The van der Waals surface area contributed by atoms with Crippen molar-refractivity contribution in [3.63, 3.8) is 0 Å².